The number of nitrogens with one attached hydrogen (secondary N) is 2. The maximum Gasteiger partial charge on any atom is 0.258 e. The molecule has 4 rings (SSSR count). The molecule has 2 N–H and O–H groups in total. The number of aromatic amines is 1. The van der Waals surface area contributed by atoms with E-state index in [-0.39, 0.29) is 29.6 Å². The molecule has 0 radical (unpaired) electrons. The van der Waals surface area contributed by atoms with E-state index in [1.807, 2.05) is 4.90 Å². The van der Waals surface area contributed by atoms with Gasteiger partial charge >= 0.3 is 0 Å². The molecule has 1 aliphatic heterocycles. The van der Waals surface area contributed by atoms with Crippen molar-refractivity contribution in [2.75, 3.05) is 19.6 Å². The molecule has 1 amide bonds. The average Bonchev–Trinajstić information content (AvgIpc) is 2.81. The molecular weight excluding hydrogens is 437 g/mol. The molecule has 168 valence electrons. The van der Waals surface area contributed by atoms with Gasteiger partial charge in [0.1, 0.15) is 29.5 Å². The van der Waals surface area contributed by atoms with Crippen LogP contribution in [0.4, 0.5) is 4.39 Å². The second kappa shape index (κ2) is 10.1. The zero-order chi connectivity index (χ0) is 22.5. The Hall–Kier alpha value is -3.04. The lowest BCUT2D eigenvalue weighted by molar-refractivity contribution is -0.131. The second-order valence-electron chi connectivity index (χ2n) is 7.58. The van der Waals surface area contributed by atoms with Crippen LogP contribution in [0.25, 0.3) is 10.9 Å². The number of rotatable bonds is 7. The van der Waals surface area contributed by atoms with Crippen molar-refractivity contribution in [3.05, 3.63) is 63.2 Å². The van der Waals surface area contributed by atoms with Crippen LogP contribution in [0.2, 0.25) is 5.02 Å². The average molecular weight is 460 g/mol. The lowest BCUT2D eigenvalue weighted by atomic mass is 10.1. The number of hydrogen-bond acceptors (Lipinski definition) is 6. The van der Waals surface area contributed by atoms with Gasteiger partial charge in [0, 0.05) is 31.9 Å². The highest BCUT2D eigenvalue weighted by atomic mass is 35.5. The molecule has 3 heterocycles. The van der Waals surface area contributed by atoms with Crippen LogP contribution in [-0.4, -0.2) is 45.4 Å². The highest BCUT2D eigenvalue weighted by Gasteiger charge is 2.16. The number of pyridine rings is 1. The fourth-order valence-electron chi connectivity index (χ4n) is 3.63. The molecule has 1 aliphatic rings. The monoisotopic (exact) mass is 459 g/mol. The van der Waals surface area contributed by atoms with Gasteiger partial charge in [-0.15, -0.1) is 0 Å². The van der Waals surface area contributed by atoms with Crippen molar-refractivity contribution in [1.29, 1.82) is 0 Å². The number of nitrogens with zero attached hydrogens (tertiary/aromatic N) is 3. The third-order valence-corrected chi connectivity index (χ3v) is 5.58. The quantitative estimate of drug-likeness (QED) is 0.563. The summed E-state index contributed by atoms with van der Waals surface area (Å²) in [5, 5.41) is 3.45. The number of aromatic nitrogens is 3. The van der Waals surface area contributed by atoms with Crippen molar-refractivity contribution in [3.63, 3.8) is 0 Å². The summed E-state index contributed by atoms with van der Waals surface area (Å²) < 4.78 is 18.9. The summed E-state index contributed by atoms with van der Waals surface area (Å²) in [5.41, 5.74) is 0.676. The van der Waals surface area contributed by atoms with Gasteiger partial charge in [-0.1, -0.05) is 11.6 Å². The van der Waals surface area contributed by atoms with E-state index in [1.54, 1.807) is 12.3 Å². The van der Waals surface area contributed by atoms with Crippen molar-refractivity contribution < 1.29 is 13.9 Å². The molecule has 32 heavy (non-hydrogen) atoms. The van der Waals surface area contributed by atoms with E-state index in [9.17, 15) is 14.0 Å². The van der Waals surface area contributed by atoms with E-state index in [0.717, 1.165) is 32.4 Å². The molecule has 2 aromatic heterocycles. The largest absolute Gasteiger partial charge is 0.486 e. The molecule has 0 spiro atoms. The van der Waals surface area contributed by atoms with Crippen molar-refractivity contribution in [1.82, 2.24) is 25.2 Å². The zero-order valence-electron chi connectivity index (χ0n) is 17.4. The van der Waals surface area contributed by atoms with Gasteiger partial charge in [0.2, 0.25) is 5.91 Å². The number of carbonyl (C=O) groups is 1. The second-order valence-corrected chi connectivity index (χ2v) is 7.98. The number of carbonyl (C=O) groups excluding carboxylic acids is 1. The first-order chi connectivity index (χ1) is 15.5. The van der Waals surface area contributed by atoms with Gasteiger partial charge in [0.25, 0.3) is 5.56 Å². The van der Waals surface area contributed by atoms with E-state index in [1.165, 1.54) is 18.2 Å². The molecule has 0 bridgehead atoms. The predicted octanol–water partition coefficient (Wildman–Crippen LogP) is 2.79. The summed E-state index contributed by atoms with van der Waals surface area (Å²) >= 11 is 5.77. The van der Waals surface area contributed by atoms with Gasteiger partial charge in [-0.25, -0.2) is 9.37 Å². The first kappa shape index (κ1) is 22.2. The lowest BCUT2D eigenvalue weighted by Gasteiger charge is -2.26. The summed E-state index contributed by atoms with van der Waals surface area (Å²) in [5.74, 6) is 0.158. The van der Waals surface area contributed by atoms with E-state index in [4.69, 9.17) is 16.3 Å². The van der Waals surface area contributed by atoms with Crippen LogP contribution in [0, 0.1) is 5.82 Å². The first-order valence-corrected chi connectivity index (χ1v) is 10.8. The number of H-pyrrole nitrogens is 1. The number of benzene rings is 1. The van der Waals surface area contributed by atoms with Crippen molar-refractivity contribution in [2.24, 2.45) is 0 Å². The van der Waals surface area contributed by atoms with Crippen LogP contribution in [0.3, 0.4) is 0 Å². The van der Waals surface area contributed by atoms with E-state index in [2.05, 4.69) is 20.3 Å². The third kappa shape index (κ3) is 5.23. The van der Waals surface area contributed by atoms with Gasteiger partial charge in [0.05, 0.1) is 22.6 Å². The maximum absolute atomic E-state index is 13.3. The van der Waals surface area contributed by atoms with E-state index in [0.29, 0.717) is 34.7 Å². The van der Waals surface area contributed by atoms with Crippen LogP contribution >= 0.6 is 11.6 Å². The normalized spacial score (nSPS) is 14.0. The number of piperidine rings is 1. The summed E-state index contributed by atoms with van der Waals surface area (Å²) in [4.78, 5) is 38.2. The summed E-state index contributed by atoms with van der Waals surface area (Å²) in [6, 6.07) is 5.59. The molecule has 0 aliphatic carbocycles. The van der Waals surface area contributed by atoms with Gasteiger partial charge < -0.3 is 19.9 Å². The lowest BCUT2D eigenvalue weighted by Crippen LogP contribution is -2.41. The third-order valence-electron chi connectivity index (χ3n) is 5.29. The fourth-order valence-corrected chi connectivity index (χ4v) is 3.80. The van der Waals surface area contributed by atoms with Gasteiger partial charge in [-0.2, -0.15) is 0 Å². The van der Waals surface area contributed by atoms with Gasteiger partial charge in [0.15, 0.2) is 0 Å². The zero-order valence-corrected chi connectivity index (χ0v) is 18.1. The molecule has 0 unspecified atom stereocenters. The number of fused-ring (bicyclic) bond motifs is 1. The van der Waals surface area contributed by atoms with Crippen LogP contribution in [0.15, 0.2) is 35.3 Å². The topological polar surface area (TPSA) is 100 Å². The fraction of sp³-hybridized carbons (Fsp3) is 0.364. The minimum atomic E-state index is -0.543. The van der Waals surface area contributed by atoms with Gasteiger partial charge in [-0.3, -0.25) is 14.6 Å². The number of amides is 1. The van der Waals surface area contributed by atoms with Gasteiger partial charge in [-0.05, 0) is 37.5 Å². The number of ether oxygens (including phenoxy) is 1. The molecule has 10 heteroatoms. The van der Waals surface area contributed by atoms with Crippen molar-refractivity contribution in [2.45, 2.75) is 32.4 Å². The minimum Gasteiger partial charge on any atom is -0.486 e. The standard InChI is InChI=1S/C22H23ClFN5O3/c23-16-10-14(4-5-17(16)24)32-13-19-27-21-15(22(31)28-19)6-7-26-18(21)11-25-12-20(30)29-8-2-1-3-9-29/h4-7,10,25H,1-3,8-9,11-13H2,(H,27,28,31). The number of halogens is 2. The van der Waals surface area contributed by atoms with Crippen molar-refractivity contribution in [3.8, 4) is 5.75 Å². The first-order valence-electron chi connectivity index (χ1n) is 10.4. The predicted molar refractivity (Wildman–Crippen MR) is 118 cm³/mol. The van der Waals surface area contributed by atoms with Crippen molar-refractivity contribution >= 4 is 28.4 Å². The Balaban J connectivity index is 1.45. The Morgan fingerprint density at radius 1 is 1.25 bits per heavy atom. The highest BCUT2D eigenvalue weighted by molar-refractivity contribution is 6.30. The number of likely N-dealkylation sites (tertiary alicyclic amines) is 1. The smallest absolute Gasteiger partial charge is 0.258 e. The molecule has 1 fully saturated rings. The SMILES string of the molecule is O=C(CNCc1nccc2c(=O)[nH]c(COc3ccc(F)c(Cl)c3)nc12)N1CCCCC1. The molecule has 1 saturated heterocycles. The Morgan fingerprint density at radius 3 is 2.84 bits per heavy atom. The van der Waals surface area contributed by atoms with E-state index < -0.39 is 5.82 Å². The Kier molecular flexibility index (Phi) is 6.96. The molecule has 8 nitrogen and oxygen atoms in total. The summed E-state index contributed by atoms with van der Waals surface area (Å²) in [6.45, 7) is 2.05. The minimum absolute atomic E-state index is 0.0393. The molecule has 0 atom stereocenters. The van der Waals surface area contributed by atoms with E-state index >= 15 is 0 Å². The Labute approximate surface area is 188 Å². The van der Waals surface area contributed by atoms with Crippen LogP contribution in [0.1, 0.15) is 30.8 Å². The maximum atomic E-state index is 13.3. The molecular formula is C22H23ClFN5O3. The molecule has 3 aromatic rings. The Morgan fingerprint density at radius 2 is 2.06 bits per heavy atom. The number of hydrogen-bond donors (Lipinski definition) is 2. The highest BCUT2D eigenvalue weighted by Crippen LogP contribution is 2.21. The Bertz CT molecular complexity index is 1180. The van der Waals surface area contributed by atoms with Crippen LogP contribution < -0.4 is 15.6 Å². The van der Waals surface area contributed by atoms with Crippen LogP contribution in [0.5, 0.6) is 5.75 Å². The molecule has 0 saturated carbocycles. The summed E-state index contributed by atoms with van der Waals surface area (Å²) in [7, 11) is 0. The molecule has 1 aromatic carbocycles. The van der Waals surface area contributed by atoms with Crippen LogP contribution in [-0.2, 0) is 17.9 Å². The summed E-state index contributed by atoms with van der Waals surface area (Å²) in [6.07, 6.45) is 4.79.